The molecule has 0 bridgehead atoms. The first-order valence-electron chi connectivity index (χ1n) is 16.5. The van der Waals surface area contributed by atoms with Gasteiger partial charge in [0.05, 0.1) is 30.9 Å². The summed E-state index contributed by atoms with van der Waals surface area (Å²) in [6, 6.07) is 22.6. The lowest BCUT2D eigenvalue weighted by Crippen LogP contribution is -2.29. The van der Waals surface area contributed by atoms with E-state index in [2.05, 4.69) is 52.3 Å². The SMILES string of the molecule is CC(=O)CC(NCC1CCCCC1)c1ccc2c(c1)nc(-c1ccc(N(CCO)CCO)cc1)n2CCc1ccc(CO)cc1. The fourth-order valence-electron chi connectivity index (χ4n) is 6.59. The normalized spacial score (nSPS) is 14.6. The predicted molar refractivity (Wildman–Crippen MR) is 180 cm³/mol. The number of rotatable bonds is 16. The zero-order valence-corrected chi connectivity index (χ0v) is 26.5. The minimum Gasteiger partial charge on any atom is -0.395 e. The van der Waals surface area contributed by atoms with Crippen LogP contribution in [0.15, 0.2) is 66.7 Å². The number of hydrogen-bond donors (Lipinski definition) is 4. The van der Waals surface area contributed by atoms with E-state index >= 15 is 0 Å². The Balaban J connectivity index is 1.47. The summed E-state index contributed by atoms with van der Waals surface area (Å²) >= 11 is 0. The molecule has 1 unspecified atom stereocenters. The molecule has 240 valence electrons. The number of aromatic nitrogens is 2. The molecule has 5 rings (SSSR count). The van der Waals surface area contributed by atoms with Crippen molar-refractivity contribution in [3.63, 3.8) is 0 Å². The van der Waals surface area contributed by atoms with Crippen LogP contribution in [-0.4, -0.2) is 63.5 Å². The minimum absolute atomic E-state index is 0.0132. The second-order valence-corrected chi connectivity index (χ2v) is 12.4. The molecular weight excluding hydrogens is 564 g/mol. The summed E-state index contributed by atoms with van der Waals surface area (Å²) in [5, 5.41) is 32.2. The van der Waals surface area contributed by atoms with Gasteiger partial charge in [-0.2, -0.15) is 0 Å². The molecule has 4 N–H and O–H groups in total. The number of carbonyl (C=O) groups excluding carboxylic acids is 1. The van der Waals surface area contributed by atoms with Gasteiger partial charge in [0.2, 0.25) is 0 Å². The van der Waals surface area contributed by atoms with Crippen molar-refractivity contribution in [2.45, 2.75) is 71.1 Å². The summed E-state index contributed by atoms with van der Waals surface area (Å²) in [6.07, 6.45) is 7.69. The zero-order chi connectivity index (χ0) is 31.6. The van der Waals surface area contributed by atoms with E-state index in [1.165, 1.54) is 37.7 Å². The predicted octanol–water partition coefficient (Wildman–Crippen LogP) is 5.42. The van der Waals surface area contributed by atoms with Crippen molar-refractivity contribution in [2.24, 2.45) is 5.92 Å². The molecule has 0 spiro atoms. The number of Topliss-reactive ketones (excluding diaryl/α,β-unsaturated/α-hetero) is 1. The van der Waals surface area contributed by atoms with E-state index in [-0.39, 0.29) is 31.6 Å². The van der Waals surface area contributed by atoms with E-state index in [1.807, 2.05) is 29.2 Å². The van der Waals surface area contributed by atoms with Gasteiger partial charge in [-0.15, -0.1) is 0 Å². The van der Waals surface area contributed by atoms with Crippen molar-refractivity contribution in [1.82, 2.24) is 14.9 Å². The van der Waals surface area contributed by atoms with Crippen LogP contribution in [0.1, 0.15) is 68.2 Å². The number of nitrogens with zero attached hydrogens (tertiary/aromatic N) is 3. The van der Waals surface area contributed by atoms with E-state index in [0.717, 1.165) is 58.7 Å². The first-order valence-corrected chi connectivity index (χ1v) is 16.5. The molecule has 1 aliphatic carbocycles. The maximum Gasteiger partial charge on any atom is 0.141 e. The van der Waals surface area contributed by atoms with E-state index in [9.17, 15) is 20.1 Å². The number of carbonyl (C=O) groups is 1. The van der Waals surface area contributed by atoms with Gasteiger partial charge in [0, 0.05) is 43.3 Å². The van der Waals surface area contributed by atoms with E-state index in [0.29, 0.717) is 25.4 Å². The standard InChI is InChI=1S/C37H48N4O4/c1-27(45)23-34(38-25-29-5-3-2-4-6-29)32-13-16-36-35(24-32)39-37(41(36)18-17-28-7-9-30(26-44)10-8-28)31-11-14-33(15-12-31)40(19-21-42)20-22-43/h7-16,24,29,34,38,42-44H,2-6,17-23,25-26H2,1H3. The molecule has 4 aromatic rings. The molecule has 8 nitrogen and oxygen atoms in total. The second kappa shape index (κ2) is 16.1. The summed E-state index contributed by atoms with van der Waals surface area (Å²) < 4.78 is 2.27. The number of ketones is 1. The molecule has 1 heterocycles. The Bertz CT molecular complexity index is 1500. The van der Waals surface area contributed by atoms with Gasteiger partial charge in [-0.25, -0.2) is 4.98 Å². The third-order valence-electron chi connectivity index (χ3n) is 9.10. The second-order valence-electron chi connectivity index (χ2n) is 12.4. The van der Waals surface area contributed by atoms with E-state index < -0.39 is 0 Å². The average Bonchev–Trinajstić information content (AvgIpc) is 3.44. The molecule has 1 aromatic heterocycles. The van der Waals surface area contributed by atoms with Crippen molar-refractivity contribution in [1.29, 1.82) is 0 Å². The molecule has 1 saturated carbocycles. The highest BCUT2D eigenvalue weighted by Crippen LogP contribution is 2.31. The lowest BCUT2D eigenvalue weighted by molar-refractivity contribution is -0.117. The van der Waals surface area contributed by atoms with Crippen molar-refractivity contribution >= 4 is 22.5 Å². The number of aliphatic hydroxyl groups is 3. The molecule has 45 heavy (non-hydrogen) atoms. The molecule has 8 heteroatoms. The molecule has 1 aliphatic rings. The Hall–Kier alpha value is -3.56. The third-order valence-corrected chi connectivity index (χ3v) is 9.10. The number of benzene rings is 3. The van der Waals surface area contributed by atoms with E-state index in [1.54, 1.807) is 6.92 Å². The van der Waals surface area contributed by atoms with Gasteiger partial charge in [0.25, 0.3) is 0 Å². The largest absolute Gasteiger partial charge is 0.395 e. The van der Waals surface area contributed by atoms with Crippen LogP contribution in [0.5, 0.6) is 0 Å². The number of fused-ring (bicyclic) bond motifs is 1. The number of anilines is 1. The van der Waals surface area contributed by atoms with Crippen LogP contribution in [-0.2, 0) is 24.4 Å². The van der Waals surface area contributed by atoms with Gasteiger partial charge >= 0.3 is 0 Å². The van der Waals surface area contributed by atoms with Crippen LogP contribution in [0.4, 0.5) is 5.69 Å². The van der Waals surface area contributed by atoms with Gasteiger partial charge in [0.15, 0.2) is 0 Å². The number of hydrogen-bond acceptors (Lipinski definition) is 7. The van der Waals surface area contributed by atoms with Gasteiger partial charge in [-0.05, 0) is 91.7 Å². The Morgan fingerprint density at radius 1 is 0.933 bits per heavy atom. The summed E-state index contributed by atoms with van der Waals surface area (Å²) in [5.41, 5.74) is 7.03. The van der Waals surface area contributed by atoms with Crippen molar-refractivity contribution in [3.05, 3.63) is 83.4 Å². The molecule has 3 aromatic carbocycles. The smallest absolute Gasteiger partial charge is 0.141 e. The maximum atomic E-state index is 12.3. The summed E-state index contributed by atoms with van der Waals surface area (Å²) in [4.78, 5) is 19.4. The van der Waals surface area contributed by atoms with Crippen LogP contribution in [0.2, 0.25) is 0 Å². The van der Waals surface area contributed by atoms with Crippen LogP contribution < -0.4 is 10.2 Å². The first-order chi connectivity index (χ1) is 22.0. The number of aliphatic hydroxyl groups excluding tert-OH is 3. The summed E-state index contributed by atoms with van der Waals surface area (Å²) in [5.74, 6) is 1.71. The minimum atomic E-state index is -0.0456. The van der Waals surface area contributed by atoms with Crippen LogP contribution >= 0.6 is 0 Å². The number of imidazole rings is 1. The lowest BCUT2D eigenvalue weighted by atomic mass is 9.89. The molecule has 1 fully saturated rings. The highest BCUT2D eigenvalue weighted by molar-refractivity contribution is 5.82. The maximum absolute atomic E-state index is 12.3. The van der Waals surface area contributed by atoms with Gasteiger partial charge in [0.1, 0.15) is 11.6 Å². The van der Waals surface area contributed by atoms with E-state index in [4.69, 9.17) is 4.98 Å². The first kappa shape index (κ1) is 32.8. The highest BCUT2D eigenvalue weighted by Gasteiger charge is 2.20. The van der Waals surface area contributed by atoms with Gasteiger partial charge in [-0.1, -0.05) is 49.6 Å². The van der Waals surface area contributed by atoms with Crippen molar-refractivity contribution in [2.75, 3.05) is 37.7 Å². The summed E-state index contributed by atoms with van der Waals surface area (Å²) in [7, 11) is 0. The molecule has 1 atom stereocenters. The fraction of sp³-hybridized carbons (Fsp3) is 0.459. The van der Waals surface area contributed by atoms with Gasteiger partial charge < -0.3 is 30.1 Å². The molecule has 0 saturated heterocycles. The topological polar surface area (TPSA) is 111 Å². The molecule has 0 radical (unpaired) electrons. The molecular formula is C37H48N4O4. The average molecular weight is 613 g/mol. The zero-order valence-electron chi connectivity index (χ0n) is 26.5. The third kappa shape index (κ3) is 8.58. The van der Waals surface area contributed by atoms with Crippen molar-refractivity contribution in [3.8, 4) is 11.4 Å². The van der Waals surface area contributed by atoms with Gasteiger partial charge in [-0.3, -0.25) is 4.79 Å². The van der Waals surface area contributed by atoms with Crippen LogP contribution in [0, 0.1) is 5.92 Å². The van der Waals surface area contributed by atoms with Crippen LogP contribution in [0.3, 0.4) is 0 Å². The molecule has 0 amide bonds. The Morgan fingerprint density at radius 3 is 2.27 bits per heavy atom. The molecule has 0 aliphatic heterocycles. The summed E-state index contributed by atoms with van der Waals surface area (Å²) in [6.45, 7) is 4.28. The van der Waals surface area contributed by atoms with Crippen molar-refractivity contribution < 1.29 is 20.1 Å². The Morgan fingerprint density at radius 2 is 1.62 bits per heavy atom. The number of nitrogens with one attached hydrogen (secondary N) is 1. The van der Waals surface area contributed by atoms with Crippen LogP contribution in [0.25, 0.3) is 22.4 Å². The Kier molecular flexibility index (Phi) is 11.8. The quantitative estimate of drug-likeness (QED) is 0.134. The Labute approximate surface area is 266 Å². The fourth-order valence-corrected chi connectivity index (χ4v) is 6.59. The highest BCUT2D eigenvalue weighted by atomic mass is 16.3. The number of aryl methyl sites for hydroxylation is 2. The monoisotopic (exact) mass is 612 g/mol. The lowest BCUT2D eigenvalue weighted by Gasteiger charge is -2.25.